The summed E-state index contributed by atoms with van der Waals surface area (Å²) >= 11 is 0. The number of nitriles is 1. The molecule has 18 heavy (non-hydrogen) atoms. The van der Waals surface area contributed by atoms with Crippen molar-refractivity contribution in [1.29, 1.82) is 5.26 Å². The molecule has 0 bridgehead atoms. The third kappa shape index (κ3) is 2.14. The predicted molar refractivity (Wildman–Crippen MR) is 66.8 cm³/mol. The van der Waals surface area contributed by atoms with Gasteiger partial charge < -0.3 is 15.3 Å². The molecule has 0 aliphatic rings. The van der Waals surface area contributed by atoms with E-state index in [-0.39, 0.29) is 17.7 Å². The van der Waals surface area contributed by atoms with Crippen molar-refractivity contribution < 1.29 is 15.3 Å². The molecular formula is C14H13NO3. The van der Waals surface area contributed by atoms with Crippen LogP contribution < -0.4 is 0 Å². The first-order chi connectivity index (χ1) is 8.65. The molecule has 0 aliphatic carbocycles. The van der Waals surface area contributed by atoms with Crippen LogP contribution in [0.4, 0.5) is 0 Å². The Hall–Kier alpha value is -2.09. The summed E-state index contributed by atoms with van der Waals surface area (Å²) in [4.78, 5) is 0. The Morgan fingerprint density at radius 3 is 2.56 bits per heavy atom. The van der Waals surface area contributed by atoms with Crippen molar-refractivity contribution in [3.8, 4) is 11.8 Å². The van der Waals surface area contributed by atoms with Gasteiger partial charge in [-0.1, -0.05) is 36.4 Å². The number of hydrogen-bond acceptors (Lipinski definition) is 4. The molecule has 3 N–H and O–H groups in total. The summed E-state index contributed by atoms with van der Waals surface area (Å²) < 4.78 is 0. The zero-order valence-electron chi connectivity index (χ0n) is 9.61. The molecule has 0 saturated heterocycles. The number of fused-ring (bicyclic) bond motifs is 1. The minimum atomic E-state index is -1.27. The van der Waals surface area contributed by atoms with Gasteiger partial charge in [0.25, 0.3) is 0 Å². The second-order valence-electron chi connectivity index (χ2n) is 4.10. The second-order valence-corrected chi connectivity index (χ2v) is 4.10. The molecule has 2 unspecified atom stereocenters. The van der Waals surface area contributed by atoms with E-state index in [9.17, 15) is 15.3 Å². The minimum absolute atomic E-state index is 0.0578. The van der Waals surface area contributed by atoms with Crippen LogP contribution in [0.25, 0.3) is 10.8 Å². The molecule has 0 amide bonds. The lowest BCUT2D eigenvalue weighted by atomic mass is 9.98. The summed E-state index contributed by atoms with van der Waals surface area (Å²) in [6.45, 7) is 0. The SMILES string of the molecule is N#CCC(O)C(O)c1ccc2ccccc2c1O. The number of aliphatic hydroxyl groups is 2. The summed E-state index contributed by atoms with van der Waals surface area (Å²) in [6, 6.07) is 12.3. The number of rotatable bonds is 3. The fourth-order valence-corrected chi connectivity index (χ4v) is 1.92. The van der Waals surface area contributed by atoms with Crippen molar-refractivity contribution in [1.82, 2.24) is 0 Å². The molecular weight excluding hydrogens is 230 g/mol. The first kappa shape index (κ1) is 12.4. The molecule has 0 fully saturated rings. The highest BCUT2D eigenvalue weighted by Crippen LogP contribution is 2.34. The summed E-state index contributed by atoms with van der Waals surface area (Å²) in [7, 11) is 0. The van der Waals surface area contributed by atoms with Gasteiger partial charge in [0.1, 0.15) is 11.9 Å². The van der Waals surface area contributed by atoms with Crippen LogP contribution in [0, 0.1) is 11.3 Å². The van der Waals surface area contributed by atoms with E-state index >= 15 is 0 Å². The average molecular weight is 243 g/mol. The topological polar surface area (TPSA) is 84.5 Å². The van der Waals surface area contributed by atoms with E-state index < -0.39 is 12.2 Å². The van der Waals surface area contributed by atoms with Crippen LogP contribution in [0.15, 0.2) is 36.4 Å². The number of benzene rings is 2. The van der Waals surface area contributed by atoms with Gasteiger partial charge in [0.2, 0.25) is 0 Å². The summed E-state index contributed by atoms with van der Waals surface area (Å²) in [5.74, 6) is -0.0578. The van der Waals surface area contributed by atoms with Crippen molar-refractivity contribution in [2.75, 3.05) is 0 Å². The molecule has 0 spiro atoms. The molecule has 2 aromatic carbocycles. The monoisotopic (exact) mass is 243 g/mol. The van der Waals surface area contributed by atoms with E-state index in [0.717, 1.165) is 5.39 Å². The molecule has 2 atom stereocenters. The Kier molecular flexibility index (Phi) is 3.47. The minimum Gasteiger partial charge on any atom is -0.507 e. The predicted octanol–water partition coefficient (Wildman–Crippen LogP) is 1.85. The number of aliphatic hydroxyl groups excluding tert-OH is 2. The van der Waals surface area contributed by atoms with Gasteiger partial charge in [0.15, 0.2) is 0 Å². The largest absolute Gasteiger partial charge is 0.507 e. The fourth-order valence-electron chi connectivity index (χ4n) is 1.92. The normalized spacial score (nSPS) is 14.1. The van der Waals surface area contributed by atoms with Gasteiger partial charge in [-0.15, -0.1) is 0 Å². The smallest absolute Gasteiger partial charge is 0.129 e. The van der Waals surface area contributed by atoms with Crippen molar-refractivity contribution in [2.24, 2.45) is 0 Å². The van der Waals surface area contributed by atoms with E-state index in [1.807, 2.05) is 12.1 Å². The number of aromatic hydroxyl groups is 1. The summed E-state index contributed by atoms with van der Waals surface area (Å²) in [6.07, 6.45) is -2.66. The Morgan fingerprint density at radius 1 is 1.11 bits per heavy atom. The van der Waals surface area contributed by atoms with Gasteiger partial charge in [-0.05, 0) is 5.39 Å². The lowest BCUT2D eigenvalue weighted by Gasteiger charge is -2.17. The molecule has 0 saturated carbocycles. The molecule has 2 rings (SSSR count). The lowest BCUT2D eigenvalue weighted by molar-refractivity contribution is 0.0204. The highest BCUT2D eigenvalue weighted by molar-refractivity contribution is 5.89. The quantitative estimate of drug-likeness (QED) is 0.768. The fraction of sp³-hybridized carbons (Fsp3) is 0.214. The Balaban J connectivity index is 2.46. The highest BCUT2D eigenvalue weighted by atomic mass is 16.3. The van der Waals surface area contributed by atoms with Crippen molar-refractivity contribution in [3.05, 3.63) is 42.0 Å². The van der Waals surface area contributed by atoms with Crippen molar-refractivity contribution >= 4 is 10.8 Å². The van der Waals surface area contributed by atoms with Crippen LogP contribution in [0.5, 0.6) is 5.75 Å². The number of hydrogen-bond donors (Lipinski definition) is 3. The maximum atomic E-state index is 10.1. The third-order valence-corrected chi connectivity index (χ3v) is 2.92. The molecule has 0 radical (unpaired) electrons. The lowest BCUT2D eigenvalue weighted by Crippen LogP contribution is -2.17. The van der Waals surface area contributed by atoms with Crippen LogP contribution in [0.3, 0.4) is 0 Å². The van der Waals surface area contributed by atoms with Crippen molar-refractivity contribution in [2.45, 2.75) is 18.6 Å². The van der Waals surface area contributed by atoms with E-state index in [4.69, 9.17) is 5.26 Å². The van der Waals surface area contributed by atoms with Crippen LogP contribution in [-0.2, 0) is 0 Å². The van der Waals surface area contributed by atoms with Gasteiger partial charge >= 0.3 is 0 Å². The maximum absolute atomic E-state index is 10.1. The third-order valence-electron chi connectivity index (χ3n) is 2.92. The second kappa shape index (κ2) is 5.05. The Morgan fingerprint density at radius 2 is 1.83 bits per heavy atom. The molecule has 4 heteroatoms. The van der Waals surface area contributed by atoms with E-state index in [1.54, 1.807) is 30.3 Å². The van der Waals surface area contributed by atoms with Gasteiger partial charge in [-0.2, -0.15) is 5.26 Å². The van der Waals surface area contributed by atoms with E-state index in [0.29, 0.717) is 5.39 Å². The van der Waals surface area contributed by atoms with Gasteiger partial charge in [-0.3, -0.25) is 0 Å². The van der Waals surface area contributed by atoms with Crippen LogP contribution in [0.1, 0.15) is 18.1 Å². The van der Waals surface area contributed by atoms with E-state index in [1.165, 1.54) is 0 Å². The molecule has 4 nitrogen and oxygen atoms in total. The Bertz CT molecular complexity index is 604. The molecule has 92 valence electrons. The zero-order valence-corrected chi connectivity index (χ0v) is 9.61. The van der Waals surface area contributed by atoms with Crippen molar-refractivity contribution in [3.63, 3.8) is 0 Å². The average Bonchev–Trinajstić information content (AvgIpc) is 2.39. The van der Waals surface area contributed by atoms with Crippen LogP contribution in [-0.4, -0.2) is 21.4 Å². The summed E-state index contributed by atoms with van der Waals surface area (Å²) in [5.41, 5.74) is 0.233. The zero-order chi connectivity index (χ0) is 13.1. The van der Waals surface area contributed by atoms with Gasteiger partial charge in [0, 0.05) is 10.9 Å². The standard InChI is InChI=1S/C14H13NO3/c15-8-7-12(16)14(18)11-6-5-9-3-1-2-4-10(9)13(11)17/h1-6,12,14,16-18H,7H2. The Labute approximate surface area is 104 Å². The molecule has 0 aliphatic heterocycles. The highest BCUT2D eigenvalue weighted by Gasteiger charge is 2.21. The molecule has 0 heterocycles. The maximum Gasteiger partial charge on any atom is 0.129 e. The molecule has 0 aromatic heterocycles. The van der Waals surface area contributed by atoms with E-state index in [2.05, 4.69) is 0 Å². The molecule has 2 aromatic rings. The number of nitrogens with zero attached hydrogens (tertiary/aromatic N) is 1. The summed E-state index contributed by atoms with van der Waals surface area (Å²) in [5, 5.41) is 39.5. The van der Waals surface area contributed by atoms with Gasteiger partial charge in [-0.25, -0.2) is 0 Å². The first-order valence-electron chi connectivity index (χ1n) is 5.59. The number of phenolic OH excluding ortho intramolecular Hbond substituents is 1. The number of phenols is 1. The van der Waals surface area contributed by atoms with Gasteiger partial charge in [0.05, 0.1) is 18.6 Å². The van der Waals surface area contributed by atoms with Crippen LogP contribution >= 0.6 is 0 Å². The van der Waals surface area contributed by atoms with Crippen LogP contribution in [0.2, 0.25) is 0 Å². The first-order valence-corrected chi connectivity index (χ1v) is 5.59.